The van der Waals surface area contributed by atoms with Crippen LogP contribution in [-0.4, -0.2) is 68.8 Å². The maximum absolute atomic E-state index is 6.02. The minimum absolute atomic E-state index is 0.326. The molecular weight excluding hydrogens is 214 g/mol. The Morgan fingerprint density at radius 3 is 2.18 bits per heavy atom. The molecule has 2 aliphatic rings. The van der Waals surface area contributed by atoms with Gasteiger partial charge in [0.1, 0.15) is 0 Å². The molecular formula is C13H27N3O. The zero-order valence-corrected chi connectivity index (χ0v) is 11.2. The van der Waals surface area contributed by atoms with Gasteiger partial charge in [0.25, 0.3) is 0 Å². The molecule has 17 heavy (non-hydrogen) atoms. The van der Waals surface area contributed by atoms with E-state index in [0.717, 1.165) is 32.6 Å². The van der Waals surface area contributed by atoms with E-state index in [0.29, 0.717) is 5.41 Å². The van der Waals surface area contributed by atoms with Crippen LogP contribution < -0.4 is 5.73 Å². The number of likely N-dealkylation sites (N-methyl/N-ethyl adjacent to an activating group) is 1. The van der Waals surface area contributed by atoms with Crippen molar-refractivity contribution in [3.05, 3.63) is 0 Å². The van der Waals surface area contributed by atoms with Crippen LogP contribution in [0.3, 0.4) is 0 Å². The lowest BCUT2D eigenvalue weighted by molar-refractivity contribution is -0.00798. The lowest BCUT2D eigenvalue weighted by atomic mass is 9.79. The highest BCUT2D eigenvalue weighted by atomic mass is 16.5. The molecule has 0 aliphatic carbocycles. The smallest absolute Gasteiger partial charge is 0.0472 e. The molecule has 2 aliphatic heterocycles. The number of hydrogen-bond donors (Lipinski definition) is 1. The van der Waals surface area contributed by atoms with Gasteiger partial charge >= 0.3 is 0 Å². The molecule has 0 bridgehead atoms. The standard InChI is InChI=1S/C13H27N3O/c1-2-15-5-7-16(8-6-15)12-13(11-14)3-9-17-10-4-13/h2-12,14H2,1H3. The van der Waals surface area contributed by atoms with Crippen molar-refractivity contribution in [2.75, 3.05) is 59.0 Å². The summed E-state index contributed by atoms with van der Waals surface area (Å²) < 4.78 is 5.47. The topological polar surface area (TPSA) is 41.7 Å². The molecule has 0 aromatic rings. The van der Waals surface area contributed by atoms with Crippen molar-refractivity contribution in [3.8, 4) is 0 Å². The molecule has 2 fully saturated rings. The van der Waals surface area contributed by atoms with Crippen molar-refractivity contribution in [2.24, 2.45) is 11.1 Å². The van der Waals surface area contributed by atoms with E-state index in [-0.39, 0.29) is 0 Å². The first-order valence-electron chi connectivity index (χ1n) is 7.00. The van der Waals surface area contributed by atoms with Gasteiger partial charge in [0.15, 0.2) is 0 Å². The van der Waals surface area contributed by atoms with Gasteiger partial charge in [0, 0.05) is 45.9 Å². The van der Waals surface area contributed by atoms with Crippen molar-refractivity contribution in [2.45, 2.75) is 19.8 Å². The Kier molecular flexibility index (Phi) is 4.79. The third-order valence-corrected chi connectivity index (χ3v) is 4.46. The van der Waals surface area contributed by atoms with Gasteiger partial charge in [-0.05, 0) is 31.3 Å². The molecule has 2 rings (SSSR count). The van der Waals surface area contributed by atoms with Crippen molar-refractivity contribution < 1.29 is 4.74 Å². The number of piperazine rings is 1. The molecule has 0 saturated carbocycles. The van der Waals surface area contributed by atoms with E-state index in [1.165, 1.54) is 39.3 Å². The highest BCUT2D eigenvalue weighted by Crippen LogP contribution is 2.30. The van der Waals surface area contributed by atoms with Crippen LogP contribution in [-0.2, 0) is 4.74 Å². The van der Waals surface area contributed by atoms with Crippen LogP contribution in [0.25, 0.3) is 0 Å². The quantitative estimate of drug-likeness (QED) is 0.772. The first kappa shape index (κ1) is 13.3. The lowest BCUT2D eigenvalue weighted by Crippen LogP contribution is -2.52. The monoisotopic (exact) mass is 241 g/mol. The molecule has 0 spiro atoms. The molecule has 0 amide bonds. The van der Waals surface area contributed by atoms with E-state index in [1.54, 1.807) is 0 Å². The number of rotatable bonds is 4. The van der Waals surface area contributed by atoms with E-state index in [2.05, 4.69) is 16.7 Å². The average Bonchev–Trinajstić information content (AvgIpc) is 2.41. The third kappa shape index (κ3) is 3.41. The van der Waals surface area contributed by atoms with E-state index in [9.17, 15) is 0 Å². The summed E-state index contributed by atoms with van der Waals surface area (Å²) >= 11 is 0. The Hall–Kier alpha value is -0.160. The van der Waals surface area contributed by atoms with E-state index in [1.807, 2.05) is 0 Å². The van der Waals surface area contributed by atoms with Crippen LogP contribution in [0.1, 0.15) is 19.8 Å². The normalized spacial score (nSPS) is 27.2. The molecule has 2 saturated heterocycles. The van der Waals surface area contributed by atoms with Crippen molar-refractivity contribution >= 4 is 0 Å². The van der Waals surface area contributed by atoms with Crippen LogP contribution in [0.2, 0.25) is 0 Å². The third-order valence-electron chi connectivity index (χ3n) is 4.46. The van der Waals surface area contributed by atoms with Gasteiger partial charge in [-0.2, -0.15) is 0 Å². The Bertz CT molecular complexity index is 221. The second kappa shape index (κ2) is 6.14. The minimum atomic E-state index is 0.326. The average molecular weight is 241 g/mol. The largest absolute Gasteiger partial charge is 0.381 e. The summed E-state index contributed by atoms with van der Waals surface area (Å²) in [5.74, 6) is 0. The maximum Gasteiger partial charge on any atom is 0.0472 e. The Balaban J connectivity index is 1.82. The fourth-order valence-electron chi connectivity index (χ4n) is 2.97. The van der Waals surface area contributed by atoms with Crippen LogP contribution in [0, 0.1) is 5.41 Å². The Morgan fingerprint density at radius 2 is 1.65 bits per heavy atom. The van der Waals surface area contributed by atoms with E-state index >= 15 is 0 Å². The zero-order chi connectivity index (χ0) is 12.1. The summed E-state index contributed by atoms with van der Waals surface area (Å²) in [6.45, 7) is 12.0. The van der Waals surface area contributed by atoms with Gasteiger partial charge in [0.2, 0.25) is 0 Å². The van der Waals surface area contributed by atoms with Crippen molar-refractivity contribution in [3.63, 3.8) is 0 Å². The lowest BCUT2D eigenvalue weighted by Gasteiger charge is -2.43. The molecule has 0 aromatic carbocycles. The van der Waals surface area contributed by atoms with Gasteiger partial charge in [-0.3, -0.25) is 0 Å². The van der Waals surface area contributed by atoms with Crippen LogP contribution in [0.15, 0.2) is 0 Å². The first-order valence-corrected chi connectivity index (χ1v) is 7.00. The first-order chi connectivity index (χ1) is 8.28. The van der Waals surface area contributed by atoms with Crippen molar-refractivity contribution in [1.29, 1.82) is 0 Å². The predicted molar refractivity (Wildman–Crippen MR) is 70.1 cm³/mol. The molecule has 0 atom stereocenters. The molecule has 4 heteroatoms. The fraction of sp³-hybridized carbons (Fsp3) is 1.00. The Morgan fingerprint density at radius 1 is 1.06 bits per heavy atom. The van der Waals surface area contributed by atoms with Gasteiger partial charge in [0.05, 0.1) is 0 Å². The summed E-state index contributed by atoms with van der Waals surface area (Å²) in [4.78, 5) is 5.12. The summed E-state index contributed by atoms with van der Waals surface area (Å²) in [6, 6.07) is 0. The molecule has 100 valence electrons. The molecule has 2 heterocycles. The number of nitrogens with zero attached hydrogens (tertiary/aromatic N) is 2. The summed E-state index contributed by atoms with van der Waals surface area (Å²) in [7, 11) is 0. The fourth-order valence-corrected chi connectivity index (χ4v) is 2.97. The molecule has 0 aromatic heterocycles. The highest BCUT2D eigenvalue weighted by molar-refractivity contribution is 4.87. The maximum atomic E-state index is 6.02. The van der Waals surface area contributed by atoms with Gasteiger partial charge in [-0.25, -0.2) is 0 Å². The minimum Gasteiger partial charge on any atom is -0.381 e. The molecule has 0 radical (unpaired) electrons. The van der Waals surface area contributed by atoms with E-state index < -0.39 is 0 Å². The highest BCUT2D eigenvalue weighted by Gasteiger charge is 2.33. The molecule has 4 nitrogen and oxygen atoms in total. The van der Waals surface area contributed by atoms with E-state index in [4.69, 9.17) is 10.5 Å². The second-order valence-corrected chi connectivity index (χ2v) is 5.53. The second-order valence-electron chi connectivity index (χ2n) is 5.53. The van der Waals surface area contributed by atoms with Gasteiger partial charge in [-0.15, -0.1) is 0 Å². The predicted octanol–water partition coefficient (Wildman–Crippen LogP) is 0.379. The van der Waals surface area contributed by atoms with Gasteiger partial charge in [-0.1, -0.05) is 6.92 Å². The number of nitrogens with two attached hydrogens (primary N) is 1. The molecule has 2 N–H and O–H groups in total. The van der Waals surface area contributed by atoms with Crippen LogP contribution in [0.4, 0.5) is 0 Å². The SMILES string of the molecule is CCN1CCN(CC2(CN)CCOCC2)CC1. The van der Waals surface area contributed by atoms with Gasteiger partial charge < -0.3 is 20.3 Å². The zero-order valence-electron chi connectivity index (χ0n) is 11.2. The molecule has 0 unspecified atom stereocenters. The summed E-state index contributed by atoms with van der Waals surface area (Å²) in [6.07, 6.45) is 2.27. The summed E-state index contributed by atoms with van der Waals surface area (Å²) in [5, 5.41) is 0. The van der Waals surface area contributed by atoms with Crippen LogP contribution >= 0.6 is 0 Å². The number of hydrogen-bond acceptors (Lipinski definition) is 4. The number of ether oxygens (including phenoxy) is 1. The summed E-state index contributed by atoms with van der Waals surface area (Å²) in [5.41, 5.74) is 6.34. The van der Waals surface area contributed by atoms with Crippen molar-refractivity contribution in [1.82, 2.24) is 9.80 Å². The van der Waals surface area contributed by atoms with Crippen LogP contribution in [0.5, 0.6) is 0 Å². The Labute approximate surface area is 105 Å².